The molecule has 0 unspecified atom stereocenters. The number of nitrogens with zero attached hydrogens (tertiary/aromatic N) is 2. The van der Waals surface area contributed by atoms with Crippen LogP contribution in [0.3, 0.4) is 0 Å². The highest BCUT2D eigenvalue weighted by Gasteiger charge is 2.06. The summed E-state index contributed by atoms with van der Waals surface area (Å²) >= 11 is 0. The second-order valence-corrected chi connectivity index (χ2v) is 4.76. The molecule has 0 saturated heterocycles. The maximum absolute atomic E-state index is 11.6. The molecule has 0 spiro atoms. The molecular weight excluding hydrogens is 256 g/mol. The Bertz CT molecular complexity index is 534. The Hall–Kier alpha value is -2.08. The van der Waals surface area contributed by atoms with Crippen molar-refractivity contribution in [2.45, 2.75) is 25.8 Å². The third-order valence-electron chi connectivity index (χ3n) is 3.02. The molecule has 1 atom stereocenters. The molecule has 0 bridgehead atoms. The minimum Gasteiger partial charge on any atom is -0.396 e. The third kappa shape index (κ3) is 3.96. The van der Waals surface area contributed by atoms with Crippen molar-refractivity contribution in [3.05, 3.63) is 36.3 Å². The predicted octanol–water partition coefficient (Wildman–Crippen LogP) is 0.947. The molecule has 2 heterocycles. The number of hydrogen-bond donors (Lipinski definition) is 3. The quantitative estimate of drug-likeness (QED) is 0.735. The second-order valence-electron chi connectivity index (χ2n) is 4.76. The van der Waals surface area contributed by atoms with Crippen LogP contribution < -0.4 is 10.6 Å². The van der Waals surface area contributed by atoms with E-state index < -0.39 is 0 Å². The number of carbonyl (C=O) groups excluding carboxylic acids is 1. The highest BCUT2D eigenvalue weighted by Crippen LogP contribution is 2.04. The van der Waals surface area contributed by atoms with Crippen molar-refractivity contribution in [1.82, 2.24) is 20.0 Å². The number of pyridine rings is 1. The first-order chi connectivity index (χ1) is 9.69. The van der Waals surface area contributed by atoms with Gasteiger partial charge in [-0.15, -0.1) is 0 Å². The van der Waals surface area contributed by atoms with Gasteiger partial charge in [0.2, 0.25) is 0 Å². The standard InChI is InChI=1S/C14H20N4O2/c1-11(6-9-19)16-14(20)15-7-5-12-10-18-8-3-2-4-13(18)17-12/h2-4,8,10-11,19H,5-7,9H2,1H3,(H2,15,16,20)/t11-/m1/s1. The van der Waals surface area contributed by atoms with E-state index in [1.54, 1.807) is 0 Å². The lowest BCUT2D eigenvalue weighted by Crippen LogP contribution is -2.41. The van der Waals surface area contributed by atoms with Crippen LogP contribution in [0.2, 0.25) is 0 Å². The molecule has 2 aromatic heterocycles. The zero-order valence-corrected chi connectivity index (χ0v) is 11.5. The van der Waals surface area contributed by atoms with Crippen LogP contribution >= 0.6 is 0 Å². The van der Waals surface area contributed by atoms with Gasteiger partial charge < -0.3 is 20.1 Å². The molecule has 0 aromatic carbocycles. The first kappa shape index (κ1) is 14.3. The number of rotatable bonds is 6. The molecule has 6 heteroatoms. The van der Waals surface area contributed by atoms with E-state index in [1.165, 1.54) is 0 Å². The van der Waals surface area contributed by atoms with E-state index in [1.807, 2.05) is 41.9 Å². The summed E-state index contributed by atoms with van der Waals surface area (Å²) in [6.07, 6.45) is 5.15. The summed E-state index contributed by atoms with van der Waals surface area (Å²) < 4.78 is 1.96. The Morgan fingerprint density at radius 3 is 3.10 bits per heavy atom. The predicted molar refractivity (Wildman–Crippen MR) is 76.6 cm³/mol. The minimum atomic E-state index is -0.213. The number of fused-ring (bicyclic) bond motifs is 1. The van der Waals surface area contributed by atoms with Gasteiger partial charge in [-0.3, -0.25) is 0 Å². The highest BCUT2D eigenvalue weighted by atomic mass is 16.3. The summed E-state index contributed by atoms with van der Waals surface area (Å²) in [6.45, 7) is 2.46. The summed E-state index contributed by atoms with van der Waals surface area (Å²) in [4.78, 5) is 16.0. The number of imidazole rings is 1. The van der Waals surface area contributed by atoms with Crippen LogP contribution in [0.1, 0.15) is 19.0 Å². The van der Waals surface area contributed by atoms with Gasteiger partial charge >= 0.3 is 6.03 Å². The molecule has 0 fully saturated rings. The fraction of sp³-hybridized carbons (Fsp3) is 0.429. The molecule has 2 aromatic rings. The second kappa shape index (κ2) is 6.91. The van der Waals surface area contributed by atoms with Crippen molar-refractivity contribution < 1.29 is 9.90 Å². The molecular formula is C14H20N4O2. The summed E-state index contributed by atoms with van der Waals surface area (Å²) in [7, 11) is 0. The van der Waals surface area contributed by atoms with Gasteiger partial charge in [-0.1, -0.05) is 6.07 Å². The minimum absolute atomic E-state index is 0.0322. The van der Waals surface area contributed by atoms with Crippen LogP contribution in [0.5, 0.6) is 0 Å². The number of nitrogens with one attached hydrogen (secondary N) is 2. The molecule has 108 valence electrons. The zero-order valence-electron chi connectivity index (χ0n) is 11.5. The van der Waals surface area contributed by atoms with Crippen LogP contribution in [-0.2, 0) is 6.42 Å². The van der Waals surface area contributed by atoms with E-state index in [-0.39, 0.29) is 18.7 Å². The number of aliphatic hydroxyl groups is 1. The van der Waals surface area contributed by atoms with E-state index in [9.17, 15) is 4.79 Å². The van der Waals surface area contributed by atoms with Gasteiger partial charge in [0.05, 0.1) is 5.69 Å². The van der Waals surface area contributed by atoms with E-state index in [2.05, 4.69) is 15.6 Å². The Morgan fingerprint density at radius 2 is 2.35 bits per heavy atom. The first-order valence-corrected chi connectivity index (χ1v) is 6.77. The van der Waals surface area contributed by atoms with Crippen molar-refractivity contribution in [2.75, 3.05) is 13.2 Å². The number of amides is 2. The lowest BCUT2D eigenvalue weighted by atomic mass is 10.2. The van der Waals surface area contributed by atoms with Gasteiger partial charge in [0.15, 0.2) is 0 Å². The SMILES string of the molecule is C[C@H](CCO)NC(=O)NCCc1cn2ccccc2n1. The maximum atomic E-state index is 11.6. The van der Waals surface area contributed by atoms with Crippen molar-refractivity contribution in [2.24, 2.45) is 0 Å². The topological polar surface area (TPSA) is 78.7 Å². The molecule has 3 N–H and O–H groups in total. The average Bonchev–Trinajstić information content (AvgIpc) is 2.81. The first-order valence-electron chi connectivity index (χ1n) is 6.77. The molecule has 2 rings (SSSR count). The summed E-state index contributed by atoms with van der Waals surface area (Å²) in [5.41, 5.74) is 1.85. The van der Waals surface area contributed by atoms with E-state index in [0.717, 1.165) is 11.3 Å². The van der Waals surface area contributed by atoms with E-state index in [0.29, 0.717) is 19.4 Å². The molecule has 0 aliphatic rings. The van der Waals surface area contributed by atoms with Crippen molar-refractivity contribution >= 4 is 11.7 Å². The van der Waals surface area contributed by atoms with Crippen LogP contribution in [0, 0.1) is 0 Å². The number of hydrogen-bond acceptors (Lipinski definition) is 3. The Balaban J connectivity index is 1.76. The van der Waals surface area contributed by atoms with E-state index >= 15 is 0 Å². The maximum Gasteiger partial charge on any atom is 0.315 e. The highest BCUT2D eigenvalue weighted by molar-refractivity contribution is 5.74. The lowest BCUT2D eigenvalue weighted by Gasteiger charge is -2.12. The van der Waals surface area contributed by atoms with Gasteiger partial charge in [0.25, 0.3) is 0 Å². The average molecular weight is 276 g/mol. The number of carbonyl (C=O) groups is 1. The summed E-state index contributed by atoms with van der Waals surface area (Å²) in [6, 6.07) is 5.60. The smallest absolute Gasteiger partial charge is 0.315 e. The van der Waals surface area contributed by atoms with E-state index in [4.69, 9.17) is 5.11 Å². The molecule has 6 nitrogen and oxygen atoms in total. The van der Waals surface area contributed by atoms with Crippen LogP contribution in [0.25, 0.3) is 5.65 Å². The van der Waals surface area contributed by atoms with Crippen LogP contribution in [0.15, 0.2) is 30.6 Å². The molecule has 0 aliphatic heterocycles. The summed E-state index contributed by atoms with van der Waals surface area (Å²) in [5.74, 6) is 0. The van der Waals surface area contributed by atoms with Crippen LogP contribution in [-0.4, -0.2) is 39.7 Å². The monoisotopic (exact) mass is 276 g/mol. The Kier molecular flexibility index (Phi) is 4.95. The largest absolute Gasteiger partial charge is 0.396 e. The molecule has 2 amide bonds. The van der Waals surface area contributed by atoms with Gasteiger partial charge in [0.1, 0.15) is 5.65 Å². The van der Waals surface area contributed by atoms with Gasteiger partial charge in [-0.2, -0.15) is 0 Å². The fourth-order valence-corrected chi connectivity index (χ4v) is 1.95. The number of aliphatic hydroxyl groups excluding tert-OH is 1. The van der Waals surface area contributed by atoms with Gasteiger partial charge in [0, 0.05) is 38.0 Å². The van der Waals surface area contributed by atoms with Gasteiger partial charge in [-0.05, 0) is 25.5 Å². The molecule has 0 aliphatic carbocycles. The Labute approximate surface area is 117 Å². The lowest BCUT2D eigenvalue weighted by molar-refractivity contribution is 0.231. The number of urea groups is 1. The van der Waals surface area contributed by atoms with Gasteiger partial charge in [-0.25, -0.2) is 9.78 Å². The van der Waals surface area contributed by atoms with Crippen molar-refractivity contribution in [3.63, 3.8) is 0 Å². The molecule has 0 saturated carbocycles. The summed E-state index contributed by atoms with van der Waals surface area (Å²) in [5, 5.41) is 14.3. The third-order valence-corrected chi connectivity index (χ3v) is 3.02. The van der Waals surface area contributed by atoms with Crippen molar-refractivity contribution in [3.8, 4) is 0 Å². The zero-order chi connectivity index (χ0) is 14.4. The normalized spacial score (nSPS) is 12.3. The Morgan fingerprint density at radius 1 is 1.50 bits per heavy atom. The fourth-order valence-electron chi connectivity index (χ4n) is 1.95. The van der Waals surface area contributed by atoms with Crippen LogP contribution in [0.4, 0.5) is 4.79 Å². The number of aromatic nitrogens is 2. The molecule has 0 radical (unpaired) electrons. The van der Waals surface area contributed by atoms with Crippen molar-refractivity contribution in [1.29, 1.82) is 0 Å². The molecule has 20 heavy (non-hydrogen) atoms.